The molecule has 0 aromatic heterocycles. The fraction of sp³-hybridized carbons (Fsp3) is 0.632. The zero-order valence-corrected chi connectivity index (χ0v) is 14.1. The van der Waals surface area contributed by atoms with Gasteiger partial charge in [0.15, 0.2) is 0 Å². The van der Waals surface area contributed by atoms with Crippen LogP contribution in [0.25, 0.3) is 0 Å². The van der Waals surface area contributed by atoms with Crippen LogP contribution < -0.4 is 0 Å². The van der Waals surface area contributed by atoms with Crippen LogP contribution in [0.5, 0.6) is 0 Å². The largest absolute Gasteiger partial charge is 0.468 e. The highest BCUT2D eigenvalue weighted by Crippen LogP contribution is 2.25. The van der Waals surface area contributed by atoms with Crippen molar-refractivity contribution in [2.75, 3.05) is 13.7 Å². The number of hydrogen-bond donors (Lipinski definition) is 0. The lowest BCUT2D eigenvalue weighted by Gasteiger charge is -2.23. The van der Waals surface area contributed by atoms with E-state index in [0.717, 1.165) is 18.6 Å². The molecular weight excluding hydrogens is 276 g/mol. The summed E-state index contributed by atoms with van der Waals surface area (Å²) in [5.74, 6) is -0.208. The molecule has 1 aliphatic rings. The van der Waals surface area contributed by atoms with Crippen LogP contribution in [0.15, 0.2) is 24.3 Å². The van der Waals surface area contributed by atoms with Crippen LogP contribution >= 0.6 is 0 Å². The van der Waals surface area contributed by atoms with E-state index in [9.17, 15) is 4.79 Å². The average molecular weight is 304 g/mol. The van der Waals surface area contributed by atoms with Gasteiger partial charge in [0.25, 0.3) is 0 Å². The van der Waals surface area contributed by atoms with Crippen LogP contribution in [0.2, 0.25) is 0 Å². The van der Waals surface area contributed by atoms with Gasteiger partial charge >= 0.3 is 5.97 Å². The molecule has 1 fully saturated rings. The molecule has 0 heterocycles. The minimum Gasteiger partial charge on any atom is -0.468 e. The van der Waals surface area contributed by atoms with Gasteiger partial charge in [-0.2, -0.15) is 0 Å². The van der Waals surface area contributed by atoms with Crippen molar-refractivity contribution >= 4 is 5.97 Å². The molecule has 0 saturated heterocycles. The topological polar surface area (TPSA) is 35.5 Å². The quantitative estimate of drug-likeness (QED) is 0.744. The van der Waals surface area contributed by atoms with E-state index < -0.39 is 5.41 Å². The molecule has 1 aliphatic carbocycles. The van der Waals surface area contributed by atoms with Gasteiger partial charge in [0.1, 0.15) is 0 Å². The van der Waals surface area contributed by atoms with Crippen molar-refractivity contribution < 1.29 is 14.3 Å². The first-order chi connectivity index (χ1) is 10.5. The van der Waals surface area contributed by atoms with Gasteiger partial charge in [0.2, 0.25) is 0 Å². The van der Waals surface area contributed by atoms with E-state index in [-0.39, 0.29) is 5.97 Å². The van der Waals surface area contributed by atoms with Gasteiger partial charge in [-0.15, -0.1) is 0 Å². The highest BCUT2D eigenvalue weighted by atomic mass is 16.5. The maximum absolute atomic E-state index is 11.8. The third-order valence-corrected chi connectivity index (χ3v) is 4.67. The zero-order chi connectivity index (χ0) is 16.0. The average Bonchev–Trinajstić information content (AvgIpc) is 2.55. The summed E-state index contributed by atoms with van der Waals surface area (Å²) in [6.45, 7) is 4.56. The standard InChI is InChI=1S/C19H28O3/c1-19(2,18(20)21-3)16-11-9-15(10-12-16)13-14-22-17-7-5-4-6-8-17/h9-12,17H,4-8,13-14H2,1-3H3. The summed E-state index contributed by atoms with van der Waals surface area (Å²) in [4.78, 5) is 11.8. The number of carbonyl (C=O) groups is 1. The first-order valence-electron chi connectivity index (χ1n) is 8.33. The first-order valence-corrected chi connectivity index (χ1v) is 8.33. The molecule has 0 spiro atoms. The lowest BCUT2D eigenvalue weighted by atomic mass is 9.84. The fourth-order valence-corrected chi connectivity index (χ4v) is 3.04. The number of esters is 1. The lowest BCUT2D eigenvalue weighted by Crippen LogP contribution is -2.30. The van der Waals surface area contributed by atoms with Crippen molar-refractivity contribution in [1.82, 2.24) is 0 Å². The molecule has 2 rings (SSSR count). The van der Waals surface area contributed by atoms with Gasteiger partial charge in [-0.1, -0.05) is 43.5 Å². The van der Waals surface area contributed by atoms with Crippen molar-refractivity contribution in [1.29, 1.82) is 0 Å². The molecule has 0 amide bonds. The predicted octanol–water partition coefficient (Wildman–Crippen LogP) is 4.03. The second-order valence-electron chi connectivity index (χ2n) is 6.69. The van der Waals surface area contributed by atoms with E-state index in [1.54, 1.807) is 0 Å². The Kier molecular flexibility index (Phi) is 6.01. The van der Waals surface area contributed by atoms with Crippen LogP contribution in [0.4, 0.5) is 0 Å². The molecular formula is C19H28O3. The Morgan fingerprint density at radius 2 is 1.77 bits per heavy atom. The molecule has 0 aliphatic heterocycles. The summed E-state index contributed by atoms with van der Waals surface area (Å²) in [5, 5.41) is 0. The monoisotopic (exact) mass is 304 g/mol. The number of carbonyl (C=O) groups excluding carboxylic acids is 1. The number of hydrogen-bond acceptors (Lipinski definition) is 3. The number of methoxy groups -OCH3 is 1. The third kappa shape index (κ3) is 4.33. The van der Waals surface area contributed by atoms with E-state index in [0.29, 0.717) is 6.10 Å². The van der Waals surface area contributed by atoms with E-state index in [1.165, 1.54) is 44.8 Å². The normalized spacial score (nSPS) is 16.5. The van der Waals surface area contributed by atoms with Crippen LogP contribution in [-0.2, 0) is 26.1 Å². The van der Waals surface area contributed by atoms with E-state index in [4.69, 9.17) is 9.47 Å². The molecule has 1 aromatic carbocycles. The van der Waals surface area contributed by atoms with Crippen molar-refractivity contribution in [3.8, 4) is 0 Å². The molecule has 0 radical (unpaired) electrons. The lowest BCUT2D eigenvalue weighted by molar-refractivity contribution is -0.146. The smallest absolute Gasteiger partial charge is 0.315 e. The first kappa shape index (κ1) is 17.0. The molecule has 22 heavy (non-hydrogen) atoms. The van der Waals surface area contributed by atoms with Gasteiger partial charge < -0.3 is 9.47 Å². The maximum atomic E-state index is 11.8. The van der Waals surface area contributed by atoms with Gasteiger partial charge in [0.05, 0.1) is 25.2 Å². The summed E-state index contributed by atoms with van der Waals surface area (Å²) < 4.78 is 10.8. The van der Waals surface area contributed by atoms with Gasteiger partial charge in [-0.3, -0.25) is 4.79 Å². The Hall–Kier alpha value is -1.35. The SMILES string of the molecule is COC(=O)C(C)(C)c1ccc(CCOC2CCCCC2)cc1. The zero-order valence-electron chi connectivity index (χ0n) is 14.1. The van der Waals surface area contributed by atoms with E-state index in [2.05, 4.69) is 12.1 Å². The van der Waals surface area contributed by atoms with Gasteiger partial charge in [-0.25, -0.2) is 0 Å². The van der Waals surface area contributed by atoms with Crippen LogP contribution in [0.1, 0.15) is 57.1 Å². The minimum absolute atomic E-state index is 0.208. The molecule has 3 heteroatoms. The third-order valence-electron chi connectivity index (χ3n) is 4.67. The highest BCUT2D eigenvalue weighted by molar-refractivity contribution is 5.82. The molecule has 1 saturated carbocycles. The van der Waals surface area contributed by atoms with Crippen LogP contribution in [0.3, 0.4) is 0 Å². The summed E-state index contributed by atoms with van der Waals surface area (Å²) in [5.41, 5.74) is 1.63. The molecule has 0 atom stereocenters. The highest BCUT2D eigenvalue weighted by Gasteiger charge is 2.30. The summed E-state index contributed by atoms with van der Waals surface area (Å²) >= 11 is 0. The molecule has 0 unspecified atom stereocenters. The van der Waals surface area contributed by atoms with E-state index in [1.807, 2.05) is 26.0 Å². The Morgan fingerprint density at radius 3 is 2.36 bits per heavy atom. The Bertz CT molecular complexity index is 470. The maximum Gasteiger partial charge on any atom is 0.315 e. The van der Waals surface area contributed by atoms with Gasteiger partial charge in [-0.05, 0) is 44.2 Å². The van der Waals surface area contributed by atoms with Crippen LogP contribution in [0, 0.1) is 0 Å². The van der Waals surface area contributed by atoms with Crippen molar-refractivity contribution in [3.63, 3.8) is 0 Å². The van der Waals surface area contributed by atoms with Gasteiger partial charge in [0, 0.05) is 0 Å². The molecule has 3 nitrogen and oxygen atoms in total. The predicted molar refractivity (Wildman–Crippen MR) is 88.0 cm³/mol. The van der Waals surface area contributed by atoms with Crippen molar-refractivity contribution in [2.45, 2.75) is 63.9 Å². The number of benzene rings is 1. The Balaban J connectivity index is 1.85. The molecule has 0 N–H and O–H groups in total. The van der Waals surface area contributed by atoms with Crippen LogP contribution in [-0.4, -0.2) is 25.8 Å². The number of rotatable bonds is 6. The molecule has 1 aromatic rings. The second kappa shape index (κ2) is 7.77. The summed E-state index contributed by atoms with van der Waals surface area (Å²) in [6, 6.07) is 8.22. The molecule has 0 bridgehead atoms. The summed E-state index contributed by atoms with van der Waals surface area (Å²) in [7, 11) is 1.43. The fourth-order valence-electron chi connectivity index (χ4n) is 3.04. The second-order valence-corrected chi connectivity index (χ2v) is 6.69. The van der Waals surface area contributed by atoms with Crippen molar-refractivity contribution in [3.05, 3.63) is 35.4 Å². The summed E-state index contributed by atoms with van der Waals surface area (Å²) in [6.07, 6.45) is 7.79. The Morgan fingerprint density at radius 1 is 1.14 bits per heavy atom. The number of ether oxygens (including phenoxy) is 2. The minimum atomic E-state index is -0.605. The van der Waals surface area contributed by atoms with Crippen molar-refractivity contribution in [2.24, 2.45) is 0 Å². The molecule has 122 valence electrons. The Labute approximate surface area is 134 Å². The van der Waals surface area contributed by atoms with E-state index >= 15 is 0 Å².